The summed E-state index contributed by atoms with van der Waals surface area (Å²) in [4.78, 5) is 0. The number of hydrogen-bond donors (Lipinski definition) is 3. The van der Waals surface area contributed by atoms with Crippen molar-refractivity contribution >= 4 is 23.4 Å². The molecule has 0 unspecified atom stereocenters. The molecule has 1 aromatic heterocycles. The van der Waals surface area contributed by atoms with Gasteiger partial charge in [0.1, 0.15) is 33.7 Å². The first-order chi connectivity index (χ1) is 13.4. The highest BCUT2D eigenvalue weighted by Crippen LogP contribution is 2.37. The molecule has 0 atom stereocenters. The Morgan fingerprint density at radius 1 is 1.04 bits per heavy atom. The maximum absolute atomic E-state index is 10.3. The third-order valence-electron chi connectivity index (χ3n) is 4.32. The van der Waals surface area contributed by atoms with Crippen LogP contribution in [0.15, 0.2) is 59.6 Å². The molecule has 2 N–H and O–H groups in total. The van der Waals surface area contributed by atoms with E-state index in [2.05, 4.69) is 22.9 Å². The van der Waals surface area contributed by atoms with Gasteiger partial charge in [-0.2, -0.15) is 0 Å². The van der Waals surface area contributed by atoms with E-state index >= 15 is 0 Å². The second-order valence-electron chi connectivity index (χ2n) is 6.70. The van der Waals surface area contributed by atoms with Gasteiger partial charge in [0.15, 0.2) is 0 Å². The zero-order valence-electron chi connectivity index (χ0n) is 15.4. The van der Waals surface area contributed by atoms with Gasteiger partial charge in [-0.15, -0.1) is 17.7 Å². The van der Waals surface area contributed by atoms with Gasteiger partial charge >= 0.3 is 0 Å². The fraction of sp³-hybridized carbons (Fsp3) is 0.143. The Labute approximate surface area is 167 Å². The van der Waals surface area contributed by atoms with Gasteiger partial charge in [0, 0.05) is 11.6 Å². The van der Waals surface area contributed by atoms with Gasteiger partial charge in [0.25, 0.3) is 0 Å². The van der Waals surface area contributed by atoms with Crippen LogP contribution in [0.4, 0.5) is 0 Å². The zero-order chi connectivity index (χ0) is 19.8. The molecular formula is C21H19N3O3S. The van der Waals surface area contributed by atoms with Crippen LogP contribution in [-0.2, 0) is 0 Å². The number of hydrogen-bond acceptors (Lipinski definition) is 6. The number of aromatic nitrogens is 3. The Bertz CT molecular complexity index is 1170. The predicted molar refractivity (Wildman–Crippen MR) is 111 cm³/mol. The first-order valence-corrected chi connectivity index (χ1v) is 9.25. The van der Waals surface area contributed by atoms with Crippen LogP contribution in [0.1, 0.15) is 13.8 Å². The Morgan fingerprint density at radius 2 is 1.86 bits per heavy atom. The molecule has 0 bridgehead atoms. The maximum atomic E-state index is 10.3. The fourth-order valence-electron chi connectivity index (χ4n) is 3.17. The molecular weight excluding hydrogens is 374 g/mol. The lowest BCUT2D eigenvalue weighted by atomic mass is 10.0. The number of ether oxygens (including phenoxy) is 1. The number of phenols is 2. The summed E-state index contributed by atoms with van der Waals surface area (Å²) < 4.78 is 7.36. The summed E-state index contributed by atoms with van der Waals surface area (Å²) in [6, 6.07) is 16.2. The third kappa shape index (κ3) is 3.25. The van der Waals surface area contributed by atoms with Crippen LogP contribution in [0.3, 0.4) is 0 Å². The van der Waals surface area contributed by atoms with Crippen LogP contribution in [0.25, 0.3) is 27.7 Å². The number of thiol groups is 1. The van der Waals surface area contributed by atoms with E-state index in [0.717, 1.165) is 22.1 Å². The number of nitrogens with zero attached hydrogens (tertiary/aromatic N) is 3. The average Bonchev–Trinajstić information content (AvgIpc) is 3.02. The molecule has 4 aromatic rings. The van der Waals surface area contributed by atoms with Crippen LogP contribution in [0.2, 0.25) is 0 Å². The quantitative estimate of drug-likeness (QED) is 0.443. The van der Waals surface area contributed by atoms with Crippen molar-refractivity contribution in [3.8, 4) is 34.2 Å². The molecule has 3 aromatic carbocycles. The highest BCUT2D eigenvalue weighted by atomic mass is 32.1. The van der Waals surface area contributed by atoms with Crippen molar-refractivity contribution in [1.82, 2.24) is 15.0 Å². The van der Waals surface area contributed by atoms with Crippen molar-refractivity contribution in [2.24, 2.45) is 0 Å². The van der Waals surface area contributed by atoms with E-state index in [1.54, 1.807) is 6.07 Å². The molecule has 0 aliphatic heterocycles. The maximum Gasteiger partial charge on any atom is 0.145 e. The van der Waals surface area contributed by atoms with Crippen molar-refractivity contribution in [2.45, 2.75) is 25.0 Å². The first kappa shape index (κ1) is 18.2. The van der Waals surface area contributed by atoms with Crippen LogP contribution in [0, 0.1) is 0 Å². The average molecular weight is 393 g/mol. The van der Waals surface area contributed by atoms with Gasteiger partial charge in [0.05, 0.1) is 6.10 Å². The Kier molecular flexibility index (Phi) is 4.60. The van der Waals surface area contributed by atoms with Crippen LogP contribution in [0.5, 0.6) is 17.2 Å². The largest absolute Gasteiger partial charge is 0.508 e. The Morgan fingerprint density at radius 3 is 2.61 bits per heavy atom. The summed E-state index contributed by atoms with van der Waals surface area (Å²) in [5.41, 5.74) is 1.89. The smallest absolute Gasteiger partial charge is 0.145 e. The molecule has 7 heteroatoms. The van der Waals surface area contributed by atoms with Crippen molar-refractivity contribution in [1.29, 1.82) is 0 Å². The topological polar surface area (TPSA) is 80.4 Å². The van der Waals surface area contributed by atoms with E-state index in [0.29, 0.717) is 16.4 Å². The Balaban J connectivity index is 1.95. The van der Waals surface area contributed by atoms with Crippen molar-refractivity contribution < 1.29 is 14.9 Å². The lowest BCUT2D eigenvalue weighted by Crippen LogP contribution is -2.05. The minimum absolute atomic E-state index is 0.0327. The van der Waals surface area contributed by atoms with Crippen LogP contribution in [-0.4, -0.2) is 31.3 Å². The van der Waals surface area contributed by atoms with Crippen molar-refractivity contribution in [2.75, 3.05) is 0 Å². The molecule has 4 rings (SSSR count). The van der Waals surface area contributed by atoms with E-state index in [4.69, 9.17) is 4.74 Å². The number of fused-ring (bicyclic) bond motifs is 1. The summed E-state index contributed by atoms with van der Waals surface area (Å²) in [6.07, 6.45) is 0.0613. The van der Waals surface area contributed by atoms with Crippen LogP contribution >= 0.6 is 12.6 Å². The first-order valence-electron chi connectivity index (χ1n) is 8.81. The van der Waals surface area contributed by atoms with E-state index in [-0.39, 0.29) is 17.6 Å². The van der Waals surface area contributed by atoms with Crippen molar-refractivity contribution in [3.63, 3.8) is 0 Å². The van der Waals surface area contributed by atoms with E-state index in [1.807, 2.05) is 50.2 Å². The molecule has 0 saturated heterocycles. The predicted octanol–water partition coefficient (Wildman–Crippen LogP) is 4.57. The van der Waals surface area contributed by atoms with Gasteiger partial charge in [-0.3, -0.25) is 0 Å². The molecule has 0 amide bonds. The number of rotatable bonds is 4. The van der Waals surface area contributed by atoms with Gasteiger partial charge in [-0.25, -0.2) is 4.68 Å². The summed E-state index contributed by atoms with van der Waals surface area (Å²) in [7, 11) is 0. The molecule has 0 aliphatic carbocycles. The molecule has 0 saturated carbocycles. The standard InChI is InChI=1S/C21H19N3O3S/c1-12(2)27-15-8-6-13-4-3-5-16(17(13)11-15)20-21(28)22-23-24(20)18-9-7-14(25)10-19(18)26/h3-12,25-26,28H,1-2H3. The summed E-state index contributed by atoms with van der Waals surface area (Å²) in [5.74, 6) is 0.625. The van der Waals surface area contributed by atoms with Crippen molar-refractivity contribution in [3.05, 3.63) is 54.6 Å². The molecule has 142 valence electrons. The van der Waals surface area contributed by atoms with Gasteiger partial charge < -0.3 is 14.9 Å². The highest BCUT2D eigenvalue weighted by molar-refractivity contribution is 7.80. The molecule has 28 heavy (non-hydrogen) atoms. The molecule has 0 aliphatic rings. The monoisotopic (exact) mass is 393 g/mol. The number of phenolic OH excluding ortho intramolecular Hbond substituents is 2. The number of benzene rings is 3. The van der Waals surface area contributed by atoms with Gasteiger partial charge in [0.2, 0.25) is 0 Å². The van der Waals surface area contributed by atoms with Gasteiger partial charge in [-0.1, -0.05) is 29.5 Å². The minimum atomic E-state index is -0.108. The molecule has 6 nitrogen and oxygen atoms in total. The van der Waals surface area contributed by atoms with E-state index in [9.17, 15) is 10.2 Å². The van der Waals surface area contributed by atoms with Gasteiger partial charge in [-0.05, 0) is 48.9 Å². The number of aromatic hydroxyl groups is 2. The zero-order valence-corrected chi connectivity index (χ0v) is 16.3. The summed E-state index contributed by atoms with van der Waals surface area (Å²) in [5, 5.41) is 30.5. The lowest BCUT2D eigenvalue weighted by Gasteiger charge is -2.14. The second kappa shape index (κ2) is 7.09. The van der Waals surface area contributed by atoms with E-state index < -0.39 is 0 Å². The third-order valence-corrected chi connectivity index (χ3v) is 4.62. The normalized spacial score (nSPS) is 11.3. The molecule has 1 heterocycles. The molecule has 0 radical (unpaired) electrons. The van der Waals surface area contributed by atoms with E-state index in [1.165, 1.54) is 16.8 Å². The summed E-state index contributed by atoms with van der Waals surface area (Å²) >= 11 is 4.49. The van der Waals surface area contributed by atoms with Crippen LogP contribution < -0.4 is 4.74 Å². The lowest BCUT2D eigenvalue weighted by molar-refractivity contribution is 0.243. The molecule has 0 spiro atoms. The second-order valence-corrected chi connectivity index (χ2v) is 7.13. The fourth-order valence-corrected chi connectivity index (χ4v) is 3.43. The molecule has 0 fully saturated rings. The summed E-state index contributed by atoms with van der Waals surface area (Å²) in [6.45, 7) is 3.96. The minimum Gasteiger partial charge on any atom is -0.508 e. The highest BCUT2D eigenvalue weighted by Gasteiger charge is 2.19. The SMILES string of the molecule is CC(C)Oc1ccc2cccc(-c3c(S)nnn3-c3ccc(O)cc3O)c2c1. The Hall–Kier alpha value is -3.19.